The summed E-state index contributed by atoms with van der Waals surface area (Å²) in [6.45, 7) is 3.51. The number of allylic oxidation sites excluding steroid dienone is 2. The Hall–Kier alpha value is -0.800. The summed E-state index contributed by atoms with van der Waals surface area (Å²) in [6, 6.07) is 0. The highest BCUT2D eigenvalue weighted by atomic mass is 31.2. The summed E-state index contributed by atoms with van der Waals surface area (Å²) in [7, 11) is -4.50. The monoisotopic (exact) mass is 735 g/mol. The normalized spacial score (nSPS) is 14.3. The number of carbonyl (C=O) groups excluding carboxylic acids is 1. The van der Waals surface area contributed by atoms with Crippen molar-refractivity contribution in [1.29, 1.82) is 0 Å². The molecule has 0 heterocycles. The molecule has 0 aromatic carbocycles. The van der Waals surface area contributed by atoms with Crippen LogP contribution in [0.15, 0.2) is 12.2 Å². The van der Waals surface area contributed by atoms with E-state index in [4.69, 9.17) is 23.6 Å². The molecule has 0 spiro atoms. The van der Waals surface area contributed by atoms with E-state index in [1.807, 2.05) is 0 Å². The summed E-state index contributed by atoms with van der Waals surface area (Å²) in [5.74, 6) is -0.384. The lowest BCUT2D eigenvalue weighted by molar-refractivity contribution is -0.154. The maximum atomic E-state index is 12.6. The number of rotatable bonds is 40. The van der Waals surface area contributed by atoms with Crippen LogP contribution in [0, 0.1) is 0 Å². The first-order valence-electron chi connectivity index (χ1n) is 20.7. The summed E-state index contributed by atoms with van der Waals surface area (Å²) in [4.78, 5) is 22.5. The standard InChI is InChI=1S/C40H79O9P/c1-3-5-7-9-11-13-14-15-16-17-18-19-20-21-22-23-24-25-26-28-30-32-40(43)49-39(37-48-50(44,45)47-35-38(42)34-41)36-46-33-31-29-27-12-10-8-6-4-2/h17-18,38-39,41-42H,3-16,19-37H2,1-2H3,(H,44,45)/b18-17-. The number of phosphoric acid groups is 1. The van der Waals surface area contributed by atoms with E-state index in [1.165, 1.54) is 135 Å². The average molecular weight is 735 g/mol. The van der Waals surface area contributed by atoms with Gasteiger partial charge in [0.2, 0.25) is 0 Å². The van der Waals surface area contributed by atoms with E-state index in [2.05, 4.69) is 26.0 Å². The summed E-state index contributed by atoms with van der Waals surface area (Å²) >= 11 is 0. The van der Waals surface area contributed by atoms with Crippen molar-refractivity contribution in [3.63, 3.8) is 0 Å². The van der Waals surface area contributed by atoms with Gasteiger partial charge in [-0.1, -0.05) is 161 Å². The first-order valence-corrected chi connectivity index (χ1v) is 22.2. The number of hydrogen-bond donors (Lipinski definition) is 3. The van der Waals surface area contributed by atoms with Crippen molar-refractivity contribution in [3.05, 3.63) is 12.2 Å². The van der Waals surface area contributed by atoms with Gasteiger partial charge in [0.05, 0.1) is 26.4 Å². The Morgan fingerprint density at radius 3 is 1.50 bits per heavy atom. The molecule has 3 unspecified atom stereocenters. The van der Waals surface area contributed by atoms with Gasteiger partial charge in [-0.2, -0.15) is 0 Å². The molecule has 0 aromatic heterocycles. The van der Waals surface area contributed by atoms with E-state index < -0.39 is 33.2 Å². The zero-order valence-corrected chi connectivity index (χ0v) is 33.3. The lowest BCUT2D eigenvalue weighted by Crippen LogP contribution is -2.29. The predicted molar refractivity (Wildman–Crippen MR) is 205 cm³/mol. The molecule has 0 bridgehead atoms. The molecule has 3 atom stereocenters. The maximum absolute atomic E-state index is 12.6. The second kappa shape index (κ2) is 37.9. The first kappa shape index (κ1) is 49.2. The van der Waals surface area contributed by atoms with Crippen LogP contribution in [0.5, 0.6) is 0 Å². The predicted octanol–water partition coefficient (Wildman–Crippen LogP) is 10.9. The molecule has 0 amide bonds. The molecule has 0 aromatic rings. The van der Waals surface area contributed by atoms with Gasteiger partial charge in [0.1, 0.15) is 12.2 Å². The summed E-state index contributed by atoms with van der Waals surface area (Å²) in [5, 5.41) is 18.3. The third-order valence-electron chi connectivity index (χ3n) is 8.95. The second-order valence-electron chi connectivity index (χ2n) is 14.0. The van der Waals surface area contributed by atoms with Gasteiger partial charge in [-0.3, -0.25) is 13.8 Å². The molecule has 0 saturated carbocycles. The Bertz CT molecular complexity index is 795. The zero-order valence-electron chi connectivity index (χ0n) is 32.4. The Kier molecular flexibility index (Phi) is 37.3. The van der Waals surface area contributed by atoms with Crippen molar-refractivity contribution in [3.8, 4) is 0 Å². The molecule has 0 rings (SSSR count). The van der Waals surface area contributed by atoms with E-state index in [-0.39, 0.29) is 25.6 Å². The van der Waals surface area contributed by atoms with E-state index in [1.54, 1.807) is 0 Å². The zero-order chi connectivity index (χ0) is 36.8. The molecule has 0 fully saturated rings. The second-order valence-corrected chi connectivity index (χ2v) is 15.5. The highest BCUT2D eigenvalue weighted by Gasteiger charge is 2.26. The third-order valence-corrected chi connectivity index (χ3v) is 9.90. The molecule has 9 nitrogen and oxygen atoms in total. The molecule has 3 N–H and O–H groups in total. The largest absolute Gasteiger partial charge is 0.472 e. The Balaban J connectivity index is 4.04. The van der Waals surface area contributed by atoms with Crippen molar-refractivity contribution in [2.75, 3.05) is 33.0 Å². The minimum absolute atomic E-state index is 0.0527. The minimum atomic E-state index is -4.50. The number of aliphatic hydroxyl groups excluding tert-OH is 2. The van der Waals surface area contributed by atoms with Crippen LogP contribution in [0.1, 0.15) is 194 Å². The van der Waals surface area contributed by atoms with Crippen LogP contribution < -0.4 is 0 Å². The Labute approximate surface area is 307 Å². The number of carbonyl (C=O) groups is 1. The van der Waals surface area contributed by atoms with Crippen LogP contribution in [-0.2, 0) is 27.9 Å². The number of phosphoric ester groups is 1. The molecule has 10 heteroatoms. The lowest BCUT2D eigenvalue weighted by Gasteiger charge is -2.20. The van der Waals surface area contributed by atoms with Crippen LogP contribution in [0.3, 0.4) is 0 Å². The molecule has 50 heavy (non-hydrogen) atoms. The van der Waals surface area contributed by atoms with Crippen LogP contribution in [0.2, 0.25) is 0 Å². The van der Waals surface area contributed by atoms with Crippen molar-refractivity contribution in [1.82, 2.24) is 0 Å². The van der Waals surface area contributed by atoms with Gasteiger partial charge >= 0.3 is 13.8 Å². The SMILES string of the molecule is CCCCCCCCCC/C=C\CCCCCCCCCCCC(=O)OC(COCCCCCCCCCC)COP(=O)(O)OCC(O)CO. The van der Waals surface area contributed by atoms with Gasteiger partial charge in [-0.05, 0) is 38.5 Å². The number of aliphatic hydroxyl groups is 2. The van der Waals surface area contributed by atoms with Crippen molar-refractivity contribution >= 4 is 13.8 Å². The summed E-state index contributed by atoms with van der Waals surface area (Å²) < 4.78 is 33.2. The molecule has 0 saturated heterocycles. The van der Waals surface area contributed by atoms with Crippen LogP contribution in [0.25, 0.3) is 0 Å². The highest BCUT2D eigenvalue weighted by molar-refractivity contribution is 7.47. The van der Waals surface area contributed by atoms with Crippen LogP contribution in [0.4, 0.5) is 0 Å². The van der Waals surface area contributed by atoms with Crippen LogP contribution in [-0.4, -0.2) is 66.3 Å². The molecule has 0 aliphatic rings. The van der Waals surface area contributed by atoms with Crippen LogP contribution >= 0.6 is 7.82 Å². The van der Waals surface area contributed by atoms with Crippen molar-refractivity contribution in [2.45, 2.75) is 206 Å². The summed E-state index contributed by atoms with van der Waals surface area (Å²) in [5.41, 5.74) is 0. The van der Waals surface area contributed by atoms with Gasteiger partial charge in [0.25, 0.3) is 0 Å². The topological polar surface area (TPSA) is 132 Å². The van der Waals surface area contributed by atoms with Gasteiger partial charge in [-0.15, -0.1) is 0 Å². The number of hydrogen-bond acceptors (Lipinski definition) is 8. The Morgan fingerprint density at radius 1 is 0.600 bits per heavy atom. The lowest BCUT2D eigenvalue weighted by atomic mass is 10.1. The van der Waals surface area contributed by atoms with E-state index >= 15 is 0 Å². The fourth-order valence-electron chi connectivity index (χ4n) is 5.76. The molecule has 0 aliphatic heterocycles. The molecule has 0 aliphatic carbocycles. The molecule has 298 valence electrons. The fourth-order valence-corrected chi connectivity index (χ4v) is 6.55. The van der Waals surface area contributed by atoms with Crippen molar-refractivity contribution in [2.24, 2.45) is 0 Å². The number of unbranched alkanes of at least 4 members (excludes halogenated alkanes) is 24. The van der Waals surface area contributed by atoms with E-state index in [0.29, 0.717) is 6.61 Å². The quantitative estimate of drug-likeness (QED) is 0.0243. The molecular weight excluding hydrogens is 655 g/mol. The smallest absolute Gasteiger partial charge is 0.457 e. The highest BCUT2D eigenvalue weighted by Crippen LogP contribution is 2.43. The van der Waals surface area contributed by atoms with Gasteiger partial charge in [0, 0.05) is 13.0 Å². The minimum Gasteiger partial charge on any atom is -0.457 e. The Morgan fingerprint density at radius 2 is 1.02 bits per heavy atom. The average Bonchev–Trinajstić information content (AvgIpc) is 3.10. The number of esters is 1. The van der Waals surface area contributed by atoms with Gasteiger partial charge in [0.15, 0.2) is 0 Å². The maximum Gasteiger partial charge on any atom is 0.472 e. The van der Waals surface area contributed by atoms with Crippen molar-refractivity contribution < 1.29 is 43.0 Å². The molecular formula is C40H79O9P. The van der Waals surface area contributed by atoms with E-state index in [0.717, 1.165) is 38.5 Å². The van der Waals surface area contributed by atoms with Gasteiger partial charge in [-0.25, -0.2) is 4.57 Å². The fraction of sp³-hybridized carbons (Fsp3) is 0.925. The summed E-state index contributed by atoms with van der Waals surface area (Å²) in [6.07, 6.45) is 36.1. The van der Waals surface area contributed by atoms with Gasteiger partial charge < -0.3 is 24.6 Å². The third kappa shape index (κ3) is 37.0. The molecule has 0 radical (unpaired) electrons. The first-order chi connectivity index (χ1) is 24.3. The number of ether oxygens (including phenoxy) is 2. The van der Waals surface area contributed by atoms with E-state index in [9.17, 15) is 19.4 Å².